The molecular formula is C18H26FN3O3. The summed E-state index contributed by atoms with van der Waals surface area (Å²) in [6.07, 6.45) is 0.0658. The Balaban J connectivity index is 2.06. The molecule has 0 radical (unpaired) electrons. The smallest absolute Gasteiger partial charge is 0.237 e. The molecule has 6 nitrogen and oxygen atoms in total. The fraction of sp³-hybridized carbons (Fsp3) is 0.556. The lowest BCUT2D eigenvalue weighted by Crippen LogP contribution is -2.56. The first-order valence-electron chi connectivity index (χ1n) is 8.51. The van der Waals surface area contributed by atoms with Crippen LogP contribution in [0.2, 0.25) is 0 Å². The van der Waals surface area contributed by atoms with E-state index >= 15 is 0 Å². The molecule has 1 atom stereocenters. The molecule has 0 saturated carbocycles. The summed E-state index contributed by atoms with van der Waals surface area (Å²) in [7, 11) is 1.48. The summed E-state index contributed by atoms with van der Waals surface area (Å²) in [5.41, 5.74) is 0.475. The van der Waals surface area contributed by atoms with E-state index in [-0.39, 0.29) is 30.6 Å². The number of rotatable bonds is 7. The number of carbonyl (C=O) groups is 2. The van der Waals surface area contributed by atoms with Crippen LogP contribution in [0.15, 0.2) is 18.2 Å². The SMILES string of the molecule is COc1ccc(CN2CCNC(=O)[C@@H]2CC(=O)NCC(C)C)c(F)c1. The van der Waals surface area contributed by atoms with Crippen LogP contribution in [0.5, 0.6) is 5.75 Å². The molecule has 1 heterocycles. The predicted octanol–water partition coefficient (Wildman–Crippen LogP) is 1.30. The summed E-state index contributed by atoms with van der Waals surface area (Å²) in [6, 6.07) is 4.06. The van der Waals surface area contributed by atoms with Crippen LogP contribution < -0.4 is 15.4 Å². The number of piperazine rings is 1. The molecule has 1 aromatic carbocycles. The summed E-state index contributed by atoms with van der Waals surface area (Å²) in [5, 5.41) is 5.60. The number of hydrogen-bond acceptors (Lipinski definition) is 4. The molecule has 1 fully saturated rings. The number of hydrogen-bond donors (Lipinski definition) is 2. The summed E-state index contributed by atoms with van der Waals surface area (Å²) in [5.74, 6) is 0.0417. The standard InChI is InChI=1S/C18H26FN3O3/c1-12(2)10-21-17(23)9-16-18(24)20-6-7-22(16)11-13-4-5-14(25-3)8-15(13)19/h4-5,8,12,16H,6-7,9-11H2,1-3H3,(H,20,24)(H,21,23)/t16-/m0/s1. The third kappa shape index (κ3) is 5.42. The molecular weight excluding hydrogens is 325 g/mol. The zero-order valence-electron chi connectivity index (χ0n) is 15.0. The largest absolute Gasteiger partial charge is 0.497 e. The summed E-state index contributed by atoms with van der Waals surface area (Å²) in [6.45, 7) is 5.91. The minimum absolute atomic E-state index is 0.0658. The van der Waals surface area contributed by atoms with Crippen LogP contribution in [0.4, 0.5) is 4.39 Å². The van der Waals surface area contributed by atoms with Gasteiger partial charge in [-0.3, -0.25) is 14.5 Å². The first-order chi connectivity index (χ1) is 11.9. The highest BCUT2D eigenvalue weighted by Crippen LogP contribution is 2.20. The second kappa shape index (κ2) is 8.80. The van der Waals surface area contributed by atoms with Crippen LogP contribution in [0.3, 0.4) is 0 Å². The second-order valence-electron chi connectivity index (χ2n) is 6.64. The number of amides is 2. The van der Waals surface area contributed by atoms with Crippen LogP contribution in [-0.2, 0) is 16.1 Å². The predicted molar refractivity (Wildman–Crippen MR) is 92.6 cm³/mol. The Kier molecular flexibility index (Phi) is 6.75. The molecule has 0 aromatic heterocycles. The monoisotopic (exact) mass is 351 g/mol. The van der Waals surface area contributed by atoms with Crippen molar-refractivity contribution in [1.29, 1.82) is 0 Å². The van der Waals surface area contributed by atoms with Gasteiger partial charge in [0.1, 0.15) is 11.6 Å². The molecule has 1 saturated heterocycles. The van der Waals surface area contributed by atoms with E-state index in [1.807, 2.05) is 18.7 Å². The number of ether oxygens (including phenoxy) is 1. The van der Waals surface area contributed by atoms with Gasteiger partial charge in [-0.2, -0.15) is 0 Å². The van der Waals surface area contributed by atoms with Gasteiger partial charge >= 0.3 is 0 Å². The third-order valence-corrected chi connectivity index (χ3v) is 4.16. The molecule has 7 heteroatoms. The van der Waals surface area contributed by atoms with Crippen molar-refractivity contribution in [1.82, 2.24) is 15.5 Å². The molecule has 1 aliphatic heterocycles. The molecule has 2 rings (SSSR count). The van der Waals surface area contributed by atoms with E-state index in [0.717, 1.165) is 0 Å². The fourth-order valence-corrected chi connectivity index (χ4v) is 2.74. The Morgan fingerprint density at radius 3 is 2.88 bits per heavy atom. The van der Waals surface area contributed by atoms with Gasteiger partial charge in [-0.1, -0.05) is 19.9 Å². The molecule has 0 spiro atoms. The van der Waals surface area contributed by atoms with Gasteiger partial charge in [0.2, 0.25) is 11.8 Å². The highest BCUT2D eigenvalue weighted by molar-refractivity contribution is 5.88. The molecule has 2 amide bonds. The van der Waals surface area contributed by atoms with Crippen LogP contribution in [0.25, 0.3) is 0 Å². The van der Waals surface area contributed by atoms with Gasteiger partial charge < -0.3 is 15.4 Å². The average molecular weight is 351 g/mol. The average Bonchev–Trinajstić information content (AvgIpc) is 2.57. The van der Waals surface area contributed by atoms with E-state index < -0.39 is 6.04 Å². The van der Waals surface area contributed by atoms with E-state index in [1.165, 1.54) is 13.2 Å². The first-order valence-corrected chi connectivity index (χ1v) is 8.51. The Bertz CT molecular complexity index is 622. The van der Waals surface area contributed by atoms with Crippen molar-refractivity contribution in [3.63, 3.8) is 0 Å². The van der Waals surface area contributed by atoms with Crippen molar-refractivity contribution in [2.75, 3.05) is 26.7 Å². The Labute approximate surface area is 147 Å². The zero-order chi connectivity index (χ0) is 18.4. The lowest BCUT2D eigenvalue weighted by atomic mass is 10.1. The van der Waals surface area contributed by atoms with Gasteiger partial charge in [0.05, 0.1) is 19.6 Å². The Morgan fingerprint density at radius 1 is 1.48 bits per heavy atom. The van der Waals surface area contributed by atoms with Crippen LogP contribution in [-0.4, -0.2) is 49.5 Å². The van der Waals surface area contributed by atoms with Crippen LogP contribution in [0.1, 0.15) is 25.8 Å². The van der Waals surface area contributed by atoms with Gasteiger partial charge in [-0.15, -0.1) is 0 Å². The summed E-state index contributed by atoms with van der Waals surface area (Å²) >= 11 is 0. The maximum atomic E-state index is 14.2. The Morgan fingerprint density at radius 2 is 2.24 bits per heavy atom. The number of nitrogens with zero attached hydrogens (tertiary/aromatic N) is 1. The maximum Gasteiger partial charge on any atom is 0.237 e. The van der Waals surface area contributed by atoms with Crippen LogP contribution in [0, 0.1) is 11.7 Å². The molecule has 1 aliphatic rings. The van der Waals surface area contributed by atoms with E-state index in [1.54, 1.807) is 12.1 Å². The molecule has 0 aliphatic carbocycles. The van der Waals surface area contributed by atoms with Crippen molar-refractivity contribution < 1.29 is 18.7 Å². The van der Waals surface area contributed by atoms with E-state index in [9.17, 15) is 14.0 Å². The number of carbonyl (C=O) groups excluding carboxylic acids is 2. The van der Waals surface area contributed by atoms with Gasteiger partial charge in [-0.25, -0.2) is 4.39 Å². The van der Waals surface area contributed by atoms with Crippen molar-refractivity contribution in [3.8, 4) is 5.75 Å². The quantitative estimate of drug-likeness (QED) is 0.777. The highest BCUT2D eigenvalue weighted by atomic mass is 19.1. The minimum Gasteiger partial charge on any atom is -0.497 e. The number of methoxy groups -OCH3 is 1. The van der Waals surface area contributed by atoms with Crippen molar-refractivity contribution in [3.05, 3.63) is 29.6 Å². The molecule has 1 aromatic rings. The van der Waals surface area contributed by atoms with Gasteiger partial charge in [0, 0.05) is 37.8 Å². The van der Waals surface area contributed by atoms with Crippen LogP contribution >= 0.6 is 0 Å². The zero-order valence-corrected chi connectivity index (χ0v) is 15.0. The van der Waals surface area contributed by atoms with Crippen molar-refractivity contribution in [2.45, 2.75) is 32.9 Å². The normalized spacial score (nSPS) is 18.1. The van der Waals surface area contributed by atoms with Gasteiger partial charge in [0.15, 0.2) is 0 Å². The summed E-state index contributed by atoms with van der Waals surface area (Å²) in [4.78, 5) is 26.2. The Hall–Kier alpha value is -2.15. The number of benzene rings is 1. The maximum absolute atomic E-state index is 14.2. The number of nitrogens with one attached hydrogen (secondary N) is 2. The van der Waals surface area contributed by atoms with E-state index in [4.69, 9.17) is 4.74 Å². The third-order valence-electron chi connectivity index (χ3n) is 4.16. The van der Waals surface area contributed by atoms with Crippen molar-refractivity contribution >= 4 is 11.8 Å². The van der Waals surface area contributed by atoms with Gasteiger partial charge in [-0.05, 0) is 12.0 Å². The van der Waals surface area contributed by atoms with E-state index in [2.05, 4.69) is 10.6 Å². The molecule has 138 valence electrons. The number of halogens is 1. The first kappa shape index (κ1) is 19.2. The molecule has 2 N–H and O–H groups in total. The van der Waals surface area contributed by atoms with Gasteiger partial charge in [0.25, 0.3) is 0 Å². The highest BCUT2D eigenvalue weighted by Gasteiger charge is 2.32. The van der Waals surface area contributed by atoms with E-state index in [0.29, 0.717) is 36.9 Å². The molecule has 0 bridgehead atoms. The second-order valence-corrected chi connectivity index (χ2v) is 6.64. The minimum atomic E-state index is -0.595. The fourth-order valence-electron chi connectivity index (χ4n) is 2.74. The lowest BCUT2D eigenvalue weighted by Gasteiger charge is -2.34. The van der Waals surface area contributed by atoms with Crippen molar-refractivity contribution in [2.24, 2.45) is 5.92 Å². The molecule has 0 unspecified atom stereocenters. The topological polar surface area (TPSA) is 70.7 Å². The summed E-state index contributed by atoms with van der Waals surface area (Å²) < 4.78 is 19.2. The lowest BCUT2D eigenvalue weighted by molar-refractivity contribution is -0.134. The molecule has 25 heavy (non-hydrogen) atoms.